The van der Waals surface area contributed by atoms with E-state index >= 15 is 0 Å². The number of rotatable bonds is 7. The van der Waals surface area contributed by atoms with Gasteiger partial charge >= 0.3 is 0 Å². The summed E-state index contributed by atoms with van der Waals surface area (Å²) in [5, 5.41) is 28.5. The summed E-state index contributed by atoms with van der Waals surface area (Å²) >= 11 is 0. The van der Waals surface area contributed by atoms with E-state index in [9.17, 15) is 9.90 Å². The van der Waals surface area contributed by atoms with Crippen LogP contribution < -0.4 is 15.9 Å². The summed E-state index contributed by atoms with van der Waals surface area (Å²) in [4.78, 5) is 12.5. The van der Waals surface area contributed by atoms with Gasteiger partial charge < -0.3 is 15.6 Å². The molecule has 0 bridgehead atoms. The maximum atomic E-state index is 12.5. The van der Waals surface area contributed by atoms with Crippen molar-refractivity contribution in [3.63, 3.8) is 0 Å². The normalized spacial score (nSPS) is 11.1. The van der Waals surface area contributed by atoms with Crippen molar-refractivity contribution in [1.82, 2.24) is 30.7 Å². The Morgan fingerprint density at radius 3 is 2.96 bits per heavy atom. The third-order valence-corrected chi connectivity index (χ3v) is 3.74. The number of aromatic nitrogens is 5. The van der Waals surface area contributed by atoms with Crippen LogP contribution in [0, 0.1) is 0 Å². The number of carbonyl (C=O) groups excluding carboxylic acids is 1. The van der Waals surface area contributed by atoms with E-state index in [4.69, 9.17) is 10.5 Å². The van der Waals surface area contributed by atoms with E-state index in [-0.39, 0.29) is 23.1 Å². The van der Waals surface area contributed by atoms with Gasteiger partial charge in [-0.05, 0) is 40.5 Å². The molecule has 0 fully saturated rings. The third kappa shape index (κ3) is 3.75. The smallest absolute Gasteiger partial charge is 0.293 e. The molecule has 1 aromatic carbocycles. The number of nitrogens with zero attached hydrogens (tertiary/aromatic N) is 6. The quantitative estimate of drug-likeness (QED) is 0.390. The number of nitrogen functional groups attached to an aromatic ring is 1. The molecule has 12 nitrogen and oxygen atoms in total. The zero-order chi connectivity index (χ0) is 20.1. The predicted molar refractivity (Wildman–Crippen MR) is 97.3 cm³/mol. The average Bonchev–Trinajstić information content (AvgIpc) is 3.29. The second kappa shape index (κ2) is 8.16. The highest BCUT2D eigenvalue weighted by Crippen LogP contribution is 2.25. The molecule has 28 heavy (non-hydrogen) atoms. The zero-order valence-electron chi connectivity index (χ0n) is 15.2. The molecule has 146 valence electrons. The molecule has 12 heteroatoms. The summed E-state index contributed by atoms with van der Waals surface area (Å²) in [5.41, 5.74) is 9.30. The highest BCUT2D eigenvalue weighted by Gasteiger charge is 2.23. The van der Waals surface area contributed by atoms with Crippen molar-refractivity contribution in [2.45, 2.75) is 19.8 Å². The van der Waals surface area contributed by atoms with Gasteiger partial charge in [0.25, 0.3) is 5.91 Å². The van der Waals surface area contributed by atoms with E-state index in [2.05, 4.69) is 35.8 Å². The van der Waals surface area contributed by atoms with Crippen LogP contribution in [0.15, 0.2) is 27.9 Å². The number of phenols is 1. The second-order valence-corrected chi connectivity index (χ2v) is 5.65. The number of hydrogen-bond acceptors (Lipinski definition) is 10. The van der Waals surface area contributed by atoms with Gasteiger partial charge in [0.05, 0.1) is 19.0 Å². The number of anilines is 1. The number of carbonyl (C=O) groups is 1. The molecule has 0 aliphatic carbocycles. The first-order valence-corrected chi connectivity index (χ1v) is 8.28. The summed E-state index contributed by atoms with van der Waals surface area (Å²) in [5.74, 6) is -0.0525. The van der Waals surface area contributed by atoms with Crippen molar-refractivity contribution in [2.24, 2.45) is 5.10 Å². The lowest BCUT2D eigenvalue weighted by molar-refractivity contribution is 0.0949. The van der Waals surface area contributed by atoms with Crippen molar-refractivity contribution in [3.05, 3.63) is 35.2 Å². The molecule has 2 aromatic heterocycles. The molecular formula is C16H18N8O4. The lowest BCUT2D eigenvalue weighted by Crippen LogP contribution is -2.20. The third-order valence-electron chi connectivity index (χ3n) is 3.74. The molecule has 0 saturated carbocycles. The molecule has 0 aliphatic rings. The van der Waals surface area contributed by atoms with Crippen molar-refractivity contribution >= 4 is 17.9 Å². The Kier molecular flexibility index (Phi) is 5.48. The van der Waals surface area contributed by atoms with Crippen LogP contribution in [-0.4, -0.2) is 49.6 Å². The number of hydrogen-bond donors (Lipinski definition) is 3. The molecule has 0 aliphatic heterocycles. The Labute approximate surface area is 158 Å². The summed E-state index contributed by atoms with van der Waals surface area (Å²) in [6, 6.07) is 4.65. The standard InChI is InChI=1S/C16H18N8O4/c1-3-4-10-13(19-23-24(10)15-14(17)21-28-22-15)16(26)20-18-8-9-5-6-11(25)12(7-9)27-2/h5-8,25H,3-4H2,1-2H3,(H2,17,21)(H,20,26)/b18-8-. The van der Waals surface area contributed by atoms with Gasteiger partial charge in [-0.1, -0.05) is 18.6 Å². The highest BCUT2D eigenvalue weighted by atomic mass is 16.6. The van der Waals surface area contributed by atoms with Crippen LogP contribution in [0.1, 0.15) is 35.1 Å². The van der Waals surface area contributed by atoms with E-state index in [1.54, 1.807) is 12.1 Å². The number of phenolic OH excluding ortho intramolecular Hbond substituents is 1. The molecule has 0 atom stereocenters. The number of methoxy groups -OCH3 is 1. The fourth-order valence-corrected chi connectivity index (χ4v) is 2.44. The highest BCUT2D eigenvalue weighted by molar-refractivity contribution is 5.94. The van der Waals surface area contributed by atoms with Crippen molar-refractivity contribution in [1.29, 1.82) is 0 Å². The topological polar surface area (TPSA) is 167 Å². The Balaban J connectivity index is 1.79. The number of ether oxygens (including phenoxy) is 1. The zero-order valence-corrected chi connectivity index (χ0v) is 15.2. The molecule has 0 saturated heterocycles. The van der Waals surface area contributed by atoms with Crippen LogP contribution in [0.3, 0.4) is 0 Å². The van der Waals surface area contributed by atoms with Gasteiger partial charge in [0.2, 0.25) is 11.6 Å². The average molecular weight is 386 g/mol. The number of hydrazone groups is 1. The molecule has 0 unspecified atom stereocenters. The molecule has 2 heterocycles. The van der Waals surface area contributed by atoms with Gasteiger partial charge in [0.1, 0.15) is 0 Å². The van der Waals surface area contributed by atoms with Gasteiger partial charge in [-0.3, -0.25) is 4.79 Å². The number of amides is 1. The minimum absolute atomic E-state index is 0.00567. The summed E-state index contributed by atoms with van der Waals surface area (Å²) in [6.45, 7) is 1.94. The van der Waals surface area contributed by atoms with Crippen molar-refractivity contribution in [3.8, 4) is 17.3 Å². The minimum atomic E-state index is -0.549. The van der Waals surface area contributed by atoms with Crippen molar-refractivity contribution in [2.75, 3.05) is 12.8 Å². The SMILES string of the molecule is CCCc1c(C(=O)N/N=C\c2ccc(O)c(OC)c2)nnn1-c1nonc1N. The monoisotopic (exact) mass is 386 g/mol. The Hall–Kier alpha value is -3.96. The number of nitrogens with two attached hydrogens (primary N) is 1. The van der Waals surface area contributed by atoms with E-state index in [1.807, 2.05) is 6.92 Å². The lowest BCUT2D eigenvalue weighted by Gasteiger charge is -2.04. The van der Waals surface area contributed by atoms with Crippen molar-refractivity contribution < 1.29 is 19.3 Å². The Morgan fingerprint density at radius 1 is 1.46 bits per heavy atom. The van der Waals surface area contributed by atoms with Gasteiger partial charge in [0, 0.05) is 0 Å². The Morgan fingerprint density at radius 2 is 2.29 bits per heavy atom. The summed E-state index contributed by atoms with van der Waals surface area (Å²) < 4.78 is 10.9. The van der Waals surface area contributed by atoms with Gasteiger partial charge in [-0.15, -0.1) is 5.10 Å². The molecule has 3 aromatic rings. The largest absolute Gasteiger partial charge is 0.504 e. The van der Waals surface area contributed by atoms with Crippen LogP contribution in [0.4, 0.5) is 5.82 Å². The van der Waals surface area contributed by atoms with Crippen LogP contribution in [0.2, 0.25) is 0 Å². The van der Waals surface area contributed by atoms with Crippen LogP contribution >= 0.6 is 0 Å². The molecule has 0 spiro atoms. The molecule has 4 N–H and O–H groups in total. The second-order valence-electron chi connectivity index (χ2n) is 5.65. The maximum absolute atomic E-state index is 12.5. The van der Waals surface area contributed by atoms with Gasteiger partial charge in [-0.25, -0.2) is 10.1 Å². The minimum Gasteiger partial charge on any atom is -0.504 e. The fraction of sp³-hybridized carbons (Fsp3) is 0.250. The summed E-state index contributed by atoms with van der Waals surface area (Å²) in [6.07, 6.45) is 2.64. The molecule has 3 rings (SSSR count). The van der Waals surface area contributed by atoms with Gasteiger partial charge in [-0.2, -0.15) is 9.78 Å². The first-order chi connectivity index (χ1) is 13.5. The van der Waals surface area contributed by atoms with Crippen LogP contribution in [0.5, 0.6) is 11.5 Å². The van der Waals surface area contributed by atoms with E-state index in [0.29, 0.717) is 23.4 Å². The number of nitrogens with one attached hydrogen (secondary N) is 1. The molecule has 0 radical (unpaired) electrons. The number of benzene rings is 1. The molecule has 1 amide bonds. The lowest BCUT2D eigenvalue weighted by atomic mass is 10.2. The van der Waals surface area contributed by atoms with E-state index < -0.39 is 5.91 Å². The van der Waals surface area contributed by atoms with Crippen LogP contribution in [-0.2, 0) is 6.42 Å². The summed E-state index contributed by atoms with van der Waals surface area (Å²) in [7, 11) is 1.44. The Bertz CT molecular complexity index is 1010. The molecular weight excluding hydrogens is 368 g/mol. The van der Waals surface area contributed by atoms with E-state index in [0.717, 1.165) is 6.42 Å². The fourth-order valence-electron chi connectivity index (χ4n) is 2.44. The number of aromatic hydroxyl groups is 1. The van der Waals surface area contributed by atoms with Crippen LogP contribution in [0.25, 0.3) is 5.82 Å². The van der Waals surface area contributed by atoms with E-state index in [1.165, 1.54) is 24.1 Å². The first kappa shape index (κ1) is 18.8. The first-order valence-electron chi connectivity index (χ1n) is 8.28. The maximum Gasteiger partial charge on any atom is 0.293 e. The van der Waals surface area contributed by atoms with Gasteiger partial charge in [0.15, 0.2) is 17.2 Å². The predicted octanol–water partition coefficient (Wildman–Crippen LogP) is 0.663.